The molecule has 4 atom stereocenters. The summed E-state index contributed by atoms with van der Waals surface area (Å²) in [5, 5.41) is 25.2. The minimum atomic E-state index is -1.60. The predicted octanol–water partition coefficient (Wildman–Crippen LogP) is -2.10. The average molecular weight is 460 g/mol. The lowest BCUT2D eigenvalue weighted by molar-refractivity contribution is -0.144. The van der Waals surface area contributed by atoms with E-state index >= 15 is 0 Å². The van der Waals surface area contributed by atoms with Crippen LogP contribution < -0.4 is 27.4 Å². The van der Waals surface area contributed by atoms with Gasteiger partial charge in [-0.3, -0.25) is 24.0 Å². The first-order chi connectivity index (χ1) is 14.6. The van der Waals surface area contributed by atoms with Crippen LogP contribution in [0.15, 0.2) is 0 Å². The summed E-state index contributed by atoms with van der Waals surface area (Å²) >= 11 is 0. The zero-order valence-electron chi connectivity index (χ0n) is 18.6. The van der Waals surface area contributed by atoms with Gasteiger partial charge in [0.25, 0.3) is 0 Å². The molecule has 0 rings (SSSR count). The van der Waals surface area contributed by atoms with Crippen molar-refractivity contribution in [3.8, 4) is 0 Å². The van der Waals surface area contributed by atoms with E-state index < -0.39 is 78.5 Å². The maximum Gasteiger partial charge on any atom is 0.326 e. The second-order valence-electron chi connectivity index (χ2n) is 8.20. The molecule has 13 nitrogen and oxygen atoms in total. The number of amides is 4. The second kappa shape index (κ2) is 13.2. The van der Waals surface area contributed by atoms with Gasteiger partial charge in [-0.05, 0) is 18.3 Å². The van der Waals surface area contributed by atoms with Gasteiger partial charge in [0.2, 0.25) is 23.6 Å². The van der Waals surface area contributed by atoms with Gasteiger partial charge in [0.1, 0.15) is 18.1 Å². The number of carboxylic acids is 2. The summed E-state index contributed by atoms with van der Waals surface area (Å²) in [6.07, 6.45) is -1.21. The molecule has 0 bridgehead atoms. The zero-order valence-corrected chi connectivity index (χ0v) is 18.6. The summed E-state index contributed by atoms with van der Waals surface area (Å²) in [4.78, 5) is 70.9. The Morgan fingerprint density at radius 2 is 1.28 bits per heavy atom. The Kier molecular flexibility index (Phi) is 11.9. The Morgan fingerprint density at radius 1 is 0.781 bits per heavy atom. The SMILES string of the molecule is CC(C)CC(NC(=O)C(CC(=O)O)NC(=O)C(N)CC(N)=O)C(=O)NC(C(=O)O)C(C)C. The minimum Gasteiger partial charge on any atom is -0.481 e. The van der Waals surface area contributed by atoms with Crippen molar-refractivity contribution in [2.75, 3.05) is 0 Å². The number of rotatable bonds is 14. The standard InChI is InChI=1S/C19H33N5O8/c1-8(2)5-11(18(30)24-15(9(3)4)19(31)32)23-17(29)12(7-14(26)27)22-16(28)10(20)6-13(21)25/h8-12,15H,5-7,20H2,1-4H3,(H2,21,25)(H,22,28)(H,23,29)(H,24,30)(H,26,27)(H,31,32). The van der Waals surface area contributed by atoms with Crippen LogP contribution in [0.4, 0.5) is 0 Å². The van der Waals surface area contributed by atoms with Crippen molar-refractivity contribution in [2.24, 2.45) is 23.3 Å². The van der Waals surface area contributed by atoms with Gasteiger partial charge in [-0.25, -0.2) is 4.79 Å². The molecule has 0 aromatic heterocycles. The molecular formula is C19H33N5O8. The highest BCUT2D eigenvalue weighted by Crippen LogP contribution is 2.09. The number of nitrogens with two attached hydrogens (primary N) is 2. The number of carbonyl (C=O) groups is 6. The molecule has 0 saturated heterocycles. The molecule has 0 aromatic rings. The van der Waals surface area contributed by atoms with Gasteiger partial charge < -0.3 is 37.6 Å². The number of carbonyl (C=O) groups excluding carboxylic acids is 4. The fourth-order valence-corrected chi connectivity index (χ4v) is 2.71. The highest BCUT2D eigenvalue weighted by Gasteiger charge is 2.32. The fraction of sp³-hybridized carbons (Fsp3) is 0.684. The number of carboxylic acid groups (broad SMARTS) is 2. The summed E-state index contributed by atoms with van der Waals surface area (Å²) in [6.45, 7) is 6.73. The smallest absolute Gasteiger partial charge is 0.326 e. The summed E-state index contributed by atoms with van der Waals surface area (Å²) in [5.74, 6) is -6.77. The topological polar surface area (TPSA) is 231 Å². The van der Waals surface area contributed by atoms with Gasteiger partial charge in [-0.2, -0.15) is 0 Å². The maximum absolute atomic E-state index is 12.7. The Bertz CT molecular complexity index is 725. The summed E-state index contributed by atoms with van der Waals surface area (Å²) in [5.41, 5.74) is 10.5. The van der Waals surface area contributed by atoms with Crippen LogP contribution in [0.25, 0.3) is 0 Å². The van der Waals surface area contributed by atoms with Crippen LogP contribution >= 0.6 is 0 Å². The maximum atomic E-state index is 12.7. The fourth-order valence-electron chi connectivity index (χ4n) is 2.71. The van der Waals surface area contributed by atoms with Crippen LogP contribution in [0.2, 0.25) is 0 Å². The quantitative estimate of drug-likeness (QED) is 0.151. The van der Waals surface area contributed by atoms with E-state index in [1.54, 1.807) is 27.7 Å². The van der Waals surface area contributed by atoms with Gasteiger partial charge in [-0.15, -0.1) is 0 Å². The Hall–Kier alpha value is -3.22. The van der Waals surface area contributed by atoms with E-state index in [2.05, 4.69) is 16.0 Å². The number of nitrogens with one attached hydrogen (secondary N) is 3. The lowest BCUT2D eigenvalue weighted by Crippen LogP contribution is -2.58. The number of hydrogen-bond donors (Lipinski definition) is 7. The van der Waals surface area contributed by atoms with Gasteiger partial charge in [-0.1, -0.05) is 27.7 Å². The lowest BCUT2D eigenvalue weighted by Gasteiger charge is -2.26. The van der Waals surface area contributed by atoms with Crippen LogP contribution in [-0.2, 0) is 28.8 Å². The Morgan fingerprint density at radius 3 is 1.69 bits per heavy atom. The van der Waals surface area contributed by atoms with E-state index in [1.165, 1.54) is 0 Å². The van der Waals surface area contributed by atoms with E-state index in [0.29, 0.717) is 0 Å². The molecule has 0 aromatic carbocycles. The van der Waals surface area contributed by atoms with Gasteiger partial charge in [0, 0.05) is 0 Å². The first-order valence-corrected chi connectivity index (χ1v) is 10.0. The van der Waals surface area contributed by atoms with Crippen molar-refractivity contribution in [1.82, 2.24) is 16.0 Å². The van der Waals surface area contributed by atoms with E-state index in [4.69, 9.17) is 16.6 Å². The van der Waals surface area contributed by atoms with Crippen molar-refractivity contribution in [3.05, 3.63) is 0 Å². The summed E-state index contributed by atoms with van der Waals surface area (Å²) < 4.78 is 0. The first-order valence-electron chi connectivity index (χ1n) is 10.0. The minimum absolute atomic E-state index is 0.0927. The Labute approximate surface area is 185 Å². The molecule has 182 valence electrons. The zero-order chi connectivity index (χ0) is 25.2. The predicted molar refractivity (Wildman–Crippen MR) is 112 cm³/mol. The van der Waals surface area contributed by atoms with E-state index in [9.17, 15) is 33.9 Å². The molecular weight excluding hydrogens is 426 g/mol. The van der Waals surface area contributed by atoms with E-state index in [1.807, 2.05) is 0 Å². The Balaban J connectivity index is 5.53. The van der Waals surface area contributed by atoms with Crippen LogP contribution in [-0.4, -0.2) is 69.9 Å². The first kappa shape index (κ1) is 28.8. The molecule has 0 aliphatic heterocycles. The van der Waals surface area contributed by atoms with Crippen molar-refractivity contribution in [2.45, 2.75) is 71.1 Å². The summed E-state index contributed by atoms with van der Waals surface area (Å²) in [6, 6.07) is -5.37. The number of aliphatic carboxylic acids is 2. The monoisotopic (exact) mass is 459 g/mol. The van der Waals surface area contributed by atoms with Gasteiger partial charge in [0.05, 0.1) is 18.9 Å². The van der Waals surface area contributed by atoms with Crippen LogP contribution in [0.5, 0.6) is 0 Å². The number of primary amides is 1. The van der Waals surface area contributed by atoms with E-state index in [-0.39, 0.29) is 12.3 Å². The van der Waals surface area contributed by atoms with E-state index in [0.717, 1.165) is 0 Å². The molecule has 0 aliphatic rings. The van der Waals surface area contributed by atoms with Crippen molar-refractivity contribution in [1.29, 1.82) is 0 Å². The number of hydrogen-bond acceptors (Lipinski definition) is 7. The van der Waals surface area contributed by atoms with Crippen molar-refractivity contribution < 1.29 is 39.0 Å². The molecule has 0 radical (unpaired) electrons. The van der Waals surface area contributed by atoms with Crippen LogP contribution in [0.1, 0.15) is 47.0 Å². The van der Waals surface area contributed by atoms with Gasteiger partial charge >= 0.3 is 11.9 Å². The molecule has 0 aliphatic carbocycles. The molecule has 0 fully saturated rings. The second-order valence-corrected chi connectivity index (χ2v) is 8.20. The normalized spacial score (nSPS) is 14.7. The van der Waals surface area contributed by atoms with Crippen molar-refractivity contribution >= 4 is 35.6 Å². The molecule has 0 heterocycles. The third-order valence-electron chi connectivity index (χ3n) is 4.34. The average Bonchev–Trinajstić information content (AvgIpc) is 2.62. The third-order valence-corrected chi connectivity index (χ3v) is 4.34. The molecule has 4 unspecified atom stereocenters. The van der Waals surface area contributed by atoms with Gasteiger partial charge in [0.15, 0.2) is 0 Å². The molecule has 0 saturated carbocycles. The lowest BCUT2D eigenvalue weighted by atomic mass is 10.00. The summed E-state index contributed by atoms with van der Waals surface area (Å²) in [7, 11) is 0. The van der Waals surface area contributed by atoms with Crippen LogP contribution in [0, 0.1) is 11.8 Å². The largest absolute Gasteiger partial charge is 0.481 e. The molecule has 4 amide bonds. The van der Waals surface area contributed by atoms with Crippen LogP contribution in [0.3, 0.4) is 0 Å². The highest BCUT2D eigenvalue weighted by atomic mass is 16.4. The molecule has 13 heteroatoms. The van der Waals surface area contributed by atoms with Crippen molar-refractivity contribution in [3.63, 3.8) is 0 Å². The molecule has 9 N–H and O–H groups in total. The third kappa shape index (κ3) is 10.7. The highest BCUT2D eigenvalue weighted by molar-refractivity contribution is 5.96. The molecule has 0 spiro atoms. The molecule has 32 heavy (non-hydrogen) atoms.